The first-order valence-corrected chi connectivity index (χ1v) is 32.8. The number of amides is 13. The molecule has 0 aliphatic heterocycles. The van der Waals surface area contributed by atoms with Gasteiger partial charge in [0.15, 0.2) is 5.96 Å². The van der Waals surface area contributed by atoms with Crippen LogP contribution in [-0.2, 0) is 71.9 Å². The van der Waals surface area contributed by atoms with Gasteiger partial charge in [-0.3, -0.25) is 72.1 Å². The van der Waals surface area contributed by atoms with Gasteiger partial charge in [0.05, 0.1) is 58.6 Å². The van der Waals surface area contributed by atoms with E-state index in [2.05, 4.69) is 63.5 Å². The highest BCUT2D eigenvalue weighted by molar-refractivity contribution is 6.00. The summed E-state index contributed by atoms with van der Waals surface area (Å²) in [6.07, 6.45) is 1.35. The topological polar surface area (TPSA) is 749 Å². The summed E-state index contributed by atoms with van der Waals surface area (Å²) in [6.45, 7) is -3.34. The standard InChI is InChI=1S/C58H107N21O22/c1-30(2)45(79-43(86)24-67-42(85)23-68-47(90)36(22-44(87)88)73-52(95)37(25-80)74-46(89)31(63)12-3-7-17-59)56(99)72-34(15-6-10-20-62)49(92)69-32(13-4-8-18-60)48(91)71-35(16-11-21-66-58(64)65)50(93)70-33(14-5-9-19-61)51(94)75-38(26-81)53(96)76-39(27-82)54(97)77-40(28-83)55(98)78-41(29-84)57(100)101/h30-41,45,80-84H,3-29,59-63H2,1-2H3,(H,67,85)(H,68,90)(H,69,92)(H,70,93)(H,71,91)(H,72,99)(H,73,95)(H,74,89)(H,75,94)(H,76,96)(H,77,97)(H,78,98)(H,79,86)(H,87,88)(H,100,101)(H4,64,65,66)/t31-,32-,33-,34-,35-,36-,37-,38-,39-,40-,41-,45-/m0/s1. The van der Waals surface area contributed by atoms with E-state index in [1.807, 2.05) is 10.6 Å². The molecule has 0 fully saturated rings. The number of unbranched alkanes of at least 4 members (excludes halogenated alkanes) is 4. The van der Waals surface area contributed by atoms with E-state index < -0.39 is 220 Å². The second-order valence-corrected chi connectivity index (χ2v) is 23.4. The van der Waals surface area contributed by atoms with E-state index in [0.717, 1.165) is 0 Å². The number of carboxylic acids is 2. The van der Waals surface area contributed by atoms with Crippen LogP contribution in [0.15, 0.2) is 4.99 Å². The Bertz CT molecular complexity index is 2710. The van der Waals surface area contributed by atoms with Crippen molar-refractivity contribution in [2.75, 3.05) is 78.8 Å². The highest BCUT2D eigenvalue weighted by Crippen LogP contribution is 2.12. The average molecular weight is 1450 g/mol. The number of guanidine groups is 1. The van der Waals surface area contributed by atoms with E-state index >= 15 is 0 Å². The van der Waals surface area contributed by atoms with Crippen LogP contribution in [0.4, 0.5) is 0 Å². The molecule has 0 aromatic rings. The maximum absolute atomic E-state index is 14.4. The quantitative estimate of drug-likeness (QED) is 0.0153. The summed E-state index contributed by atoms with van der Waals surface area (Å²) >= 11 is 0. The third-order valence-electron chi connectivity index (χ3n) is 14.8. The van der Waals surface area contributed by atoms with E-state index in [1.165, 1.54) is 0 Å². The van der Waals surface area contributed by atoms with Crippen LogP contribution in [0.3, 0.4) is 0 Å². The van der Waals surface area contributed by atoms with E-state index in [9.17, 15) is 103 Å². The number of aliphatic hydroxyl groups is 5. The van der Waals surface area contributed by atoms with Crippen LogP contribution in [0, 0.1) is 5.92 Å². The predicted octanol–water partition coefficient (Wildman–Crippen LogP) is -13.4. The van der Waals surface area contributed by atoms with Gasteiger partial charge in [0.1, 0.15) is 66.5 Å². The number of nitrogens with one attached hydrogen (secondary N) is 13. The third kappa shape index (κ3) is 37.8. The molecule has 0 spiro atoms. The molecule has 576 valence electrons. The zero-order valence-electron chi connectivity index (χ0n) is 56.8. The van der Waals surface area contributed by atoms with Crippen LogP contribution in [0.25, 0.3) is 0 Å². The van der Waals surface area contributed by atoms with Crippen LogP contribution in [0.5, 0.6) is 0 Å². The number of aliphatic imine (C=N–C) groups is 1. The Hall–Kier alpha value is -9.08. The molecule has 43 heteroatoms. The van der Waals surface area contributed by atoms with Crippen LogP contribution >= 0.6 is 0 Å². The fourth-order valence-electron chi connectivity index (χ4n) is 9.05. The summed E-state index contributed by atoms with van der Waals surface area (Å²) in [5, 5.41) is 97.2. The first kappa shape index (κ1) is 91.9. The van der Waals surface area contributed by atoms with Crippen molar-refractivity contribution in [3.05, 3.63) is 0 Å². The van der Waals surface area contributed by atoms with Crippen LogP contribution < -0.4 is 109 Å². The summed E-state index contributed by atoms with van der Waals surface area (Å²) in [4.78, 5) is 202. The van der Waals surface area contributed by atoms with E-state index in [4.69, 9.17) is 45.2 Å². The Morgan fingerprint density at radius 1 is 0.347 bits per heavy atom. The molecule has 34 N–H and O–H groups in total. The summed E-state index contributed by atoms with van der Waals surface area (Å²) in [5.74, 6) is -18.1. The largest absolute Gasteiger partial charge is 0.481 e. The lowest BCUT2D eigenvalue weighted by atomic mass is 10.0. The summed E-state index contributed by atoms with van der Waals surface area (Å²) in [5.41, 5.74) is 39.6. The molecule has 12 atom stereocenters. The van der Waals surface area contributed by atoms with Gasteiger partial charge in [-0.25, -0.2) is 4.79 Å². The molecule has 0 unspecified atom stereocenters. The lowest BCUT2D eigenvalue weighted by molar-refractivity contribution is -0.143. The Morgan fingerprint density at radius 3 is 0.990 bits per heavy atom. The first-order chi connectivity index (χ1) is 47.8. The molecular formula is C58H107N21O22. The number of carbonyl (C=O) groups is 15. The zero-order chi connectivity index (χ0) is 76.7. The van der Waals surface area contributed by atoms with Crippen molar-refractivity contribution in [3.63, 3.8) is 0 Å². The number of nitrogens with two attached hydrogens (primary N) is 7. The fourth-order valence-corrected chi connectivity index (χ4v) is 9.05. The summed E-state index contributed by atoms with van der Waals surface area (Å²) in [7, 11) is 0. The molecule has 0 aliphatic rings. The minimum atomic E-state index is -1.92. The normalized spacial score (nSPS) is 14.6. The number of hydrogen-bond acceptors (Lipinski definition) is 26. The Morgan fingerprint density at radius 2 is 0.653 bits per heavy atom. The Kier molecular flexibility index (Phi) is 47.3. The number of aliphatic carboxylic acids is 2. The maximum Gasteiger partial charge on any atom is 0.328 e. The molecular weight excluding hydrogens is 1340 g/mol. The number of aliphatic hydroxyl groups excluding tert-OH is 5. The summed E-state index contributed by atoms with van der Waals surface area (Å²) < 4.78 is 0. The smallest absolute Gasteiger partial charge is 0.328 e. The second kappa shape index (κ2) is 52.0. The van der Waals surface area contributed by atoms with Crippen molar-refractivity contribution in [2.24, 2.45) is 51.0 Å². The molecule has 0 heterocycles. The molecule has 0 aromatic heterocycles. The highest BCUT2D eigenvalue weighted by atomic mass is 16.4. The maximum atomic E-state index is 14.4. The average Bonchev–Trinajstić information content (AvgIpc) is 0.886. The van der Waals surface area contributed by atoms with Gasteiger partial charge in [-0.05, 0) is 116 Å². The zero-order valence-corrected chi connectivity index (χ0v) is 56.8. The van der Waals surface area contributed by atoms with Gasteiger partial charge in [0, 0.05) is 6.54 Å². The first-order valence-electron chi connectivity index (χ1n) is 32.8. The van der Waals surface area contributed by atoms with Gasteiger partial charge < -0.3 is 145 Å². The lowest BCUT2D eigenvalue weighted by Crippen LogP contribution is -2.61. The minimum Gasteiger partial charge on any atom is -0.481 e. The minimum absolute atomic E-state index is 0.0185. The molecule has 0 rings (SSSR count). The van der Waals surface area contributed by atoms with Crippen molar-refractivity contribution in [1.82, 2.24) is 69.1 Å². The van der Waals surface area contributed by atoms with Gasteiger partial charge in [0.25, 0.3) is 0 Å². The van der Waals surface area contributed by atoms with Gasteiger partial charge in [-0.15, -0.1) is 0 Å². The molecule has 0 bridgehead atoms. The molecule has 0 aliphatic carbocycles. The van der Waals surface area contributed by atoms with Crippen molar-refractivity contribution < 1.29 is 108 Å². The van der Waals surface area contributed by atoms with Crippen LogP contribution in [0.1, 0.15) is 110 Å². The molecule has 101 heavy (non-hydrogen) atoms. The van der Waals surface area contributed by atoms with Gasteiger partial charge in [-0.2, -0.15) is 0 Å². The van der Waals surface area contributed by atoms with Crippen molar-refractivity contribution in [1.29, 1.82) is 0 Å². The monoisotopic (exact) mass is 1450 g/mol. The number of rotatable bonds is 55. The molecule has 0 saturated carbocycles. The van der Waals surface area contributed by atoms with Gasteiger partial charge in [-0.1, -0.05) is 20.3 Å². The van der Waals surface area contributed by atoms with Crippen molar-refractivity contribution >= 4 is 94.7 Å². The fraction of sp³-hybridized carbons (Fsp3) is 0.724. The van der Waals surface area contributed by atoms with Gasteiger partial charge >= 0.3 is 11.9 Å². The third-order valence-corrected chi connectivity index (χ3v) is 14.8. The highest BCUT2D eigenvalue weighted by Gasteiger charge is 2.37. The summed E-state index contributed by atoms with van der Waals surface area (Å²) in [6, 6.07) is -19.4. The SMILES string of the molecule is CC(C)[C@H](NC(=O)CNC(=O)CNC(=O)[C@H](CC(=O)O)NC(=O)[C@H](CO)NC(=O)[C@@H](N)CCCCN)C(=O)N[C@@H](CCCCN)C(=O)N[C@@H](CCCCN)C(=O)N[C@@H](CCCN=C(N)N)C(=O)N[C@@H](CCCCN)C(=O)N[C@@H](CO)C(=O)N[C@@H](CO)C(=O)N[C@@H](CO)C(=O)N[C@@H](CO)C(=O)O. The number of nitrogens with zero attached hydrogens (tertiary/aromatic N) is 1. The number of carbonyl (C=O) groups excluding carboxylic acids is 13. The Balaban J connectivity index is 6.62. The molecule has 0 saturated heterocycles. The second-order valence-electron chi connectivity index (χ2n) is 23.4. The molecule has 13 amide bonds. The van der Waals surface area contributed by atoms with E-state index in [-0.39, 0.29) is 89.9 Å². The molecule has 0 radical (unpaired) electrons. The Labute approximate surface area is 582 Å². The molecule has 0 aromatic carbocycles. The number of hydrogen-bond donors (Lipinski definition) is 27. The van der Waals surface area contributed by atoms with E-state index in [0.29, 0.717) is 38.6 Å². The van der Waals surface area contributed by atoms with E-state index in [1.54, 1.807) is 13.8 Å². The van der Waals surface area contributed by atoms with Crippen LogP contribution in [0.2, 0.25) is 0 Å². The van der Waals surface area contributed by atoms with Crippen molar-refractivity contribution in [2.45, 2.75) is 183 Å². The van der Waals surface area contributed by atoms with Gasteiger partial charge in [0.2, 0.25) is 76.8 Å². The lowest BCUT2D eigenvalue weighted by Gasteiger charge is -2.28. The molecule has 43 nitrogen and oxygen atoms in total. The van der Waals surface area contributed by atoms with Crippen molar-refractivity contribution in [3.8, 4) is 0 Å². The van der Waals surface area contributed by atoms with Crippen LogP contribution in [-0.4, -0.2) is 282 Å². The predicted molar refractivity (Wildman–Crippen MR) is 357 cm³/mol. The number of carboxylic acid groups (broad SMARTS) is 2.